The van der Waals surface area contributed by atoms with E-state index in [-0.39, 0.29) is 22.8 Å². The van der Waals surface area contributed by atoms with E-state index in [0.29, 0.717) is 32.4 Å². The molecule has 0 radical (unpaired) electrons. The smallest absolute Gasteiger partial charge is 0.427 e. The number of hydrogen-bond donors (Lipinski definition) is 1. The van der Waals surface area contributed by atoms with Gasteiger partial charge in [-0.15, -0.1) is 11.3 Å². The number of ether oxygens (including phenoxy) is 1. The zero-order chi connectivity index (χ0) is 20.6. The van der Waals surface area contributed by atoms with Crippen molar-refractivity contribution in [3.05, 3.63) is 11.6 Å². The van der Waals surface area contributed by atoms with Crippen LogP contribution in [0, 0.1) is 5.41 Å². The molecule has 1 spiro atoms. The lowest BCUT2D eigenvalue weighted by Crippen LogP contribution is -2.47. The van der Waals surface area contributed by atoms with Crippen molar-refractivity contribution < 1.29 is 36.2 Å². The summed E-state index contributed by atoms with van der Waals surface area (Å²) in [4.78, 5) is 17.0. The number of likely N-dealkylation sites (tertiary alicyclic amines) is 1. The maximum Gasteiger partial charge on any atom is 0.427 e. The van der Waals surface area contributed by atoms with E-state index in [2.05, 4.69) is 9.72 Å². The fourth-order valence-corrected chi connectivity index (χ4v) is 6.04. The number of hydrogen-bond acceptors (Lipinski definition) is 7. The highest BCUT2D eigenvalue weighted by atomic mass is 32.2. The summed E-state index contributed by atoms with van der Waals surface area (Å²) in [5.41, 5.74) is -0.318. The fraction of sp³-hybridized carbons (Fsp3) is 0.733. The van der Waals surface area contributed by atoms with Gasteiger partial charge in [-0.25, -0.2) is 18.2 Å². The highest BCUT2D eigenvalue weighted by Gasteiger charge is 2.47. The van der Waals surface area contributed by atoms with Gasteiger partial charge in [0.1, 0.15) is 0 Å². The molecule has 8 nitrogen and oxygen atoms in total. The first kappa shape index (κ1) is 21.3. The average Bonchev–Trinajstić information content (AvgIpc) is 3.30. The van der Waals surface area contributed by atoms with E-state index in [9.17, 15) is 26.4 Å². The van der Waals surface area contributed by atoms with Gasteiger partial charge < -0.3 is 14.7 Å². The number of aromatic nitrogens is 1. The largest absolute Gasteiger partial charge is 0.434 e. The van der Waals surface area contributed by atoms with Crippen molar-refractivity contribution in [3.8, 4) is 0 Å². The minimum absolute atomic E-state index is 0.0350. The third-order valence-electron chi connectivity index (χ3n) is 5.23. The molecule has 2 aliphatic heterocycles. The summed E-state index contributed by atoms with van der Waals surface area (Å²) >= 11 is 1.04. The number of aliphatic hydroxyl groups is 1. The Kier molecular flexibility index (Phi) is 5.90. The van der Waals surface area contributed by atoms with Gasteiger partial charge in [-0.05, 0) is 24.7 Å². The van der Waals surface area contributed by atoms with Crippen molar-refractivity contribution in [3.63, 3.8) is 0 Å². The van der Waals surface area contributed by atoms with Crippen LogP contribution in [-0.2, 0) is 14.8 Å². The predicted octanol–water partition coefficient (Wildman–Crippen LogP) is 1.68. The zero-order valence-electron chi connectivity index (χ0n) is 14.8. The Morgan fingerprint density at radius 2 is 1.96 bits per heavy atom. The lowest BCUT2D eigenvalue weighted by molar-refractivity contribution is -0.215. The standard InChI is InChI=1S/C15H20F3N3O5S2/c16-15(17,18)11(9-22)26-13(23)20-5-1-14(2-6-20)3-7-21(10-14)28(24,25)12-19-4-8-27-12/h4,8,11,22H,1-3,5-7,9-10H2. The van der Waals surface area contributed by atoms with E-state index in [1.807, 2.05) is 0 Å². The molecule has 1 amide bonds. The topological polar surface area (TPSA) is 100 Å². The van der Waals surface area contributed by atoms with Crippen molar-refractivity contribution in [1.29, 1.82) is 0 Å². The maximum absolute atomic E-state index is 12.6. The molecule has 2 fully saturated rings. The van der Waals surface area contributed by atoms with Crippen LogP contribution in [0.15, 0.2) is 15.9 Å². The third-order valence-corrected chi connectivity index (χ3v) is 8.25. The minimum Gasteiger partial charge on any atom is -0.434 e. The Bertz CT molecular complexity index is 792. The minimum atomic E-state index is -4.84. The fourth-order valence-electron chi connectivity index (χ4n) is 3.52. The van der Waals surface area contributed by atoms with Gasteiger partial charge in [0, 0.05) is 37.8 Å². The molecule has 3 rings (SSSR count). The molecule has 158 valence electrons. The number of aliphatic hydroxyl groups excluding tert-OH is 1. The van der Waals surface area contributed by atoms with Gasteiger partial charge in [-0.2, -0.15) is 17.5 Å². The maximum atomic E-state index is 12.6. The molecule has 0 bridgehead atoms. The Hall–Kier alpha value is -1.44. The number of nitrogens with zero attached hydrogens (tertiary/aromatic N) is 3. The van der Waals surface area contributed by atoms with E-state index < -0.39 is 35.0 Å². The summed E-state index contributed by atoms with van der Waals surface area (Å²) in [7, 11) is -3.65. The zero-order valence-corrected chi connectivity index (χ0v) is 16.4. The Morgan fingerprint density at radius 1 is 1.32 bits per heavy atom. The number of carbonyl (C=O) groups is 1. The summed E-state index contributed by atoms with van der Waals surface area (Å²) in [6, 6.07) is 0. The monoisotopic (exact) mass is 443 g/mol. The van der Waals surface area contributed by atoms with Gasteiger partial charge in [0.05, 0.1) is 6.61 Å². The molecular weight excluding hydrogens is 423 g/mol. The number of piperidine rings is 1. The molecule has 0 aliphatic carbocycles. The Morgan fingerprint density at radius 3 is 2.50 bits per heavy atom. The molecule has 1 aromatic heterocycles. The summed E-state index contributed by atoms with van der Waals surface area (Å²) in [5, 5.41) is 10.4. The summed E-state index contributed by atoms with van der Waals surface area (Å²) in [5.74, 6) is 0. The molecule has 1 unspecified atom stereocenters. The highest BCUT2D eigenvalue weighted by Crippen LogP contribution is 2.42. The second kappa shape index (κ2) is 7.76. The first-order valence-corrected chi connectivity index (χ1v) is 10.9. The number of carbonyl (C=O) groups excluding carboxylic acids is 1. The first-order valence-electron chi connectivity index (χ1n) is 8.60. The van der Waals surface area contributed by atoms with Crippen LogP contribution in [0.3, 0.4) is 0 Å². The molecule has 0 saturated carbocycles. The van der Waals surface area contributed by atoms with Crippen LogP contribution >= 0.6 is 11.3 Å². The molecular formula is C15H20F3N3O5S2. The van der Waals surface area contributed by atoms with Crippen LogP contribution in [0.2, 0.25) is 0 Å². The van der Waals surface area contributed by atoms with Crippen LogP contribution in [0.1, 0.15) is 19.3 Å². The molecule has 1 aromatic rings. The quantitative estimate of drug-likeness (QED) is 0.760. The summed E-state index contributed by atoms with van der Waals surface area (Å²) < 4.78 is 68.9. The SMILES string of the molecule is O=C(OC(CO)C(F)(F)F)N1CCC2(CC1)CCN(S(=O)(=O)c1nccs1)C2. The molecule has 1 atom stereocenters. The summed E-state index contributed by atoms with van der Waals surface area (Å²) in [6.07, 6.45) is -5.56. The lowest BCUT2D eigenvalue weighted by Gasteiger charge is -2.39. The summed E-state index contributed by atoms with van der Waals surface area (Å²) in [6.45, 7) is -0.372. The van der Waals surface area contributed by atoms with Gasteiger partial charge in [0.25, 0.3) is 10.0 Å². The number of alkyl halides is 3. The molecule has 13 heteroatoms. The van der Waals surface area contributed by atoms with Crippen molar-refractivity contribution >= 4 is 27.5 Å². The van der Waals surface area contributed by atoms with E-state index in [0.717, 1.165) is 16.2 Å². The van der Waals surface area contributed by atoms with Crippen LogP contribution in [0.4, 0.5) is 18.0 Å². The average molecular weight is 443 g/mol. The van der Waals surface area contributed by atoms with Gasteiger partial charge >= 0.3 is 12.3 Å². The second-order valence-corrected chi connectivity index (χ2v) is 9.98. The van der Waals surface area contributed by atoms with E-state index in [1.54, 1.807) is 5.38 Å². The number of halogens is 3. The van der Waals surface area contributed by atoms with Crippen molar-refractivity contribution in [1.82, 2.24) is 14.2 Å². The molecule has 3 heterocycles. The number of sulfonamides is 1. The van der Waals surface area contributed by atoms with Gasteiger partial charge in [-0.3, -0.25) is 0 Å². The van der Waals surface area contributed by atoms with Crippen LogP contribution in [-0.4, -0.2) is 78.9 Å². The number of thiazole rings is 1. The number of amides is 1. The number of rotatable bonds is 4. The highest BCUT2D eigenvalue weighted by molar-refractivity contribution is 7.91. The Labute approximate surface area is 164 Å². The third kappa shape index (κ3) is 4.26. The molecule has 2 saturated heterocycles. The van der Waals surface area contributed by atoms with Gasteiger partial charge in [-0.1, -0.05) is 0 Å². The lowest BCUT2D eigenvalue weighted by atomic mass is 9.78. The molecule has 1 N–H and O–H groups in total. The van der Waals surface area contributed by atoms with E-state index in [4.69, 9.17) is 5.11 Å². The van der Waals surface area contributed by atoms with Crippen LogP contribution < -0.4 is 0 Å². The van der Waals surface area contributed by atoms with Crippen LogP contribution in [0.25, 0.3) is 0 Å². The predicted molar refractivity (Wildman–Crippen MR) is 92.1 cm³/mol. The van der Waals surface area contributed by atoms with Crippen molar-refractivity contribution in [2.75, 3.05) is 32.8 Å². The van der Waals surface area contributed by atoms with Crippen molar-refractivity contribution in [2.45, 2.75) is 35.9 Å². The normalized spacial score (nSPS) is 21.8. The Balaban J connectivity index is 1.58. The van der Waals surface area contributed by atoms with E-state index >= 15 is 0 Å². The van der Waals surface area contributed by atoms with Crippen LogP contribution in [0.5, 0.6) is 0 Å². The molecule has 0 aromatic carbocycles. The van der Waals surface area contributed by atoms with Gasteiger partial charge in [0.2, 0.25) is 10.4 Å². The van der Waals surface area contributed by atoms with Crippen molar-refractivity contribution in [2.24, 2.45) is 5.41 Å². The van der Waals surface area contributed by atoms with Gasteiger partial charge in [0.15, 0.2) is 0 Å². The second-order valence-electron chi connectivity index (χ2n) is 6.97. The van der Waals surface area contributed by atoms with E-state index in [1.165, 1.54) is 10.5 Å². The molecule has 28 heavy (non-hydrogen) atoms. The molecule has 2 aliphatic rings. The first-order chi connectivity index (χ1) is 13.1.